The minimum Gasteiger partial charge on any atom is -0.481 e. The molecular formula is C12H18N2O3. The van der Waals surface area contributed by atoms with E-state index in [2.05, 4.69) is 16.9 Å². The van der Waals surface area contributed by atoms with Gasteiger partial charge in [0.1, 0.15) is 6.26 Å². The summed E-state index contributed by atoms with van der Waals surface area (Å²) in [5.41, 5.74) is 0.938. The Balaban J connectivity index is 1.99. The molecule has 94 valence electrons. The minimum absolute atomic E-state index is 0.0699. The SMILES string of the molecule is CN1CCCCC1c1coc(CCC(=O)O)n1. The molecule has 0 radical (unpaired) electrons. The summed E-state index contributed by atoms with van der Waals surface area (Å²) in [6.07, 6.45) is 5.65. The van der Waals surface area contributed by atoms with Crippen molar-refractivity contribution in [3.63, 3.8) is 0 Å². The first-order chi connectivity index (χ1) is 8.16. The second kappa shape index (κ2) is 5.31. The number of aryl methyl sites for hydroxylation is 1. The maximum atomic E-state index is 10.5. The first-order valence-corrected chi connectivity index (χ1v) is 6.03. The highest BCUT2D eigenvalue weighted by Gasteiger charge is 2.23. The lowest BCUT2D eigenvalue weighted by atomic mass is 10.0. The van der Waals surface area contributed by atoms with Crippen LogP contribution in [0.1, 0.15) is 43.3 Å². The van der Waals surface area contributed by atoms with Crippen molar-refractivity contribution in [1.29, 1.82) is 0 Å². The number of hydrogen-bond donors (Lipinski definition) is 1. The predicted octanol–water partition coefficient (Wildman–Crippen LogP) is 1.85. The molecule has 0 spiro atoms. The van der Waals surface area contributed by atoms with Crippen molar-refractivity contribution in [3.05, 3.63) is 17.8 Å². The lowest BCUT2D eigenvalue weighted by Crippen LogP contribution is -2.29. The molecule has 17 heavy (non-hydrogen) atoms. The Morgan fingerprint density at radius 3 is 3.18 bits per heavy atom. The molecule has 1 aromatic rings. The van der Waals surface area contributed by atoms with Gasteiger partial charge in [-0.3, -0.25) is 9.69 Å². The summed E-state index contributed by atoms with van der Waals surface area (Å²) in [6.45, 7) is 1.09. The molecule has 2 rings (SSSR count). The molecule has 2 heterocycles. The number of nitrogens with zero attached hydrogens (tertiary/aromatic N) is 2. The van der Waals surface area contributed by atoms with E-state index in [1.807, 2.05) is 0 Å². The first-order valence-electron chi connectivity index (χ1n) is 6.03. The molecule has 0 aromatic carbocycles. The molecule has 1 saturated heterocycles. The van der Waals surface area contributed by atoms with Crippen LogP contribution >= 0.6 is 0 Å². The zero-order valence-electron chi connectivity index (χ0n) is 10.1. The highest BCUT2D eigenvalue weighted by molar-refractivity contribution is 5.66. The van der Waals surface area contributed by atoms with Gasteiger partial charge in [0.05, 0.1) is 18.2 Å². The third-order valence-electron chi connectivity index (χ3n) is 3.23. The molecule has 1 atom stereocenters. The van der Waals surface area contributed by atoms with Crippen molar-refractivity contribution in [3.8, 4) is 0 Å². The number of oxazole rings is 1. The summed E-state index contributed by atoms with van der Waals surface area (Å²) >= 11 is 0. The van der Waals surface area contributed by atoms with E-state index in [1.54, 1.807) is 6.26 Å². The van der Waals surface area contributed by atoms with Crippen LogP contribution in [0.4, 0.5) is 0 Å². The van der Waals surface area contributed by atoms with Gasteiger partial charge in [0.25, 0.3) is 0 Å². The van der Waals surface area contributed by atoms with Crippen LogP contribution in [0.15, 0.2) is 10.7 Å². The van der Waals surface area contributed by atoms with E-state index in [9.17, 15) is 4.79 Å². The molecular weight excluding hydrogens is 220 g/mol. The summed E-state index contributed by atoms with van der Waals surface area (Å²) in [6, 6.07) is 0.325. The Kier molecular flexibility index (Phi) is 3.78. The molecule has 1 unspecified atom stereocenters. The summed E-state index contributed by atoms with van der Waals surface area (Å²) in [5.74, 6) is -0.291. The van der Waals surface area contributed by atoms with Crippen LogP contribution in [-0.2, 0) is 11.2 Å². The summed E-state index contributed by atoms with van der Waals surface area (Å²) in [5, 5.41) is 8.59. The summed E-state index contributed by atoms with van der Waals surface area (Å²) in [7, 11) is 2.09. The van der Waals surface area contributed by atoms with Gasteiger partial charge in [-0.2, -0.15) is 0 Å². The number of carboxylic acids is 1. The Hall–Kier alpha value is -1.36. The molecule has 0 aliphatic carbocycles. The molecule has 5 heteroatoms. The number of carbonyl (C=O) groups is 1. The molecule has 1 N–H and O–H groups in total. The predicted molar refractivity (Wildman–Crippen MR) is 61.7 cm³/mol. The second-order valence-electron chi connectivity index (χ2n) is 4.55. The van der Waals surface area contributed by atoms with E-state index in [0.29, 0.717) is 18.4 Å². The van der Waals surface area contributed by atoms with Gasteiger partial charge in [-0.1, -0.05) is 6.42 Å². The Morgan fingerprint density at radius 1 is 1.65 bits per heavy atom. The van der Waals surface area contributed by atoms with Crippen molar-refractivity contribution >= 4 is 5.97 Å². The van der Waals surface area contributed by atoms with Gasteiger partial charge >= 0.3 is 5.97 Å². The molecule has 0 saturated carbocycles. The van der Waals surface area contributed by atoms with Crippen molar-refractivity contribution < 1.29 is 14.3 Å². The van der Waals surface area contributed by atoms with E-state index in [0.717, 1.165) is 18.7 Å². The third kappa shape index (κ3) is 3.06. The normalized spacial score (nSPS) is 21.6. The van der Waals surface area contributed by atoms with Crippen LogP contribution in [0, 0.1) is 0 Å². The number of piperidine rings is 1. The Labute approximate surface area is 100 Å². The highest BCUT2D eigenvalue weighted by atomic mass is 16.4. The molecule has 0 amide bonds. The average molecular weight is 238 g/mol. The molecule has 0 bridgehead atoms. The standard InChI is InChI=1S/C12H18N2O3/c1-14-7-3-2-4-10(14)9-8-17-11(13-9)5-6-12(15)16/h8,10H,2-7H2,1H3,(H,15,16). The Bertz CT molecular complexity index is 389. The largest absolute Gasteiger partial charge is 0.481 e. The second-order valence-corrected chi connectivity index (χ2v) is 4.55. The average Bonchev–Trinajstić information content (AvgIpc) is 2.75. The van der Waals surface area contributed by atoms with Gasteiger partial charge in [-0.05, 0) is 26.4 Å². The minimum atomic E-state index is -0.820. The maximum Gasteiger partial charge on any atom is 0.303 e. The maximum absolute atomic E-state index is 10.5. The van der Waals surface area contributed by atoms with Crippen LogP contribution in [0.2, 0.25) is 0 Å². The molecule has 1 aliphatic heterocycles. The van der Waals surface area contributed by atoms with Gasteiger partial charge in [-0.15, -0.1) is 0 Å². The number of hydrogen-bond acceptors (Lipinski definition) is 4. The number of carboxylic acid groups (broad SMARTS) is 1. The van der Waals surface area contributed by atoms with Crippen molar-refractivity contribution in [2.45, 2.75) is 38.1 Å². The third-order valence-corrected chi connectivity index (χ3v) is 3.23. The monoisotopic (exact) mass is 238 g/mol. The van der Waals surface area contributed by atoms with Gasteiger partial charge < -0.3 is 9.52 Å². The topological polar surface area (TPSA) is 66.6 Å². The van der Waals surface area contributed by atoms with Gasteiger partial charge in [0, 0.05) is 6.42 Å². The molecule has 1 fully saturated rings. The van der Waals surface area contributed by atoms with Gasteiger partial charge in [-0.25, -0.2) is 4.98 Å². The fourth-order valence-corrected chi connectivity index (χ4v) is 2.26. The number of likely N-dealkylation sites (tertiary alicyclic amines) is 1. The van der Waals surface area contributed by atoms with Crippen LogP contribution in [0.3, 0.4) is 0 Å². The molecule has 1 aliphatic rings. The number of rotatable bonds is 4. The van der Waals surface area contributed by atoms with E-state index in [1.165, 1.54) is 12.8 Å². The van der Waals surface area contributed by atoms with Gasteiger partial charge in [0.2, 0.25) is 0 Å². The summed E-state index contributed by atoms with van der Waals surface area (Å²) < 4.78 is 5.32. The van der Waals surface area contributed by atoms with E-state index < -0.39 is 5.97 Å². The molecule has 1 aromatic heterocycles. The van der Waals surface area contributed by atoms with Crippen LogP contribution in [-0.4, -0.2) is 34.6 Å². The van der Waals surface area contributed by atoms with E-state index in [4.69, 9.17) is 9.52 Å². The van der Waals surface area contributed by atoms with E-state index in [-0.39, 0.29) is 6.42 Å². The van der Waals surface area contributed by atoms with Crippen LogP contribution in [0.25, 0.3) is 0 Å². The number of aromatic nitrogens is 1. The first kappa shape index (κ1) is 12.1. The van der Waals surface area contributed by atoms with Crippen molar-refractivity contribution in [2.24, 2.45) is 0 Å². The van der Waals surface area contributed by atoms with Gasteiger partial charge in [0.15, 0.2) is 5.89 Å². The van der Waals surface area contributed by atoms with Crippen LogP contribution in [0.5, 0.6) is 0 Å². The smallest absolute Gasteiger partial charge is 0.303 e. The highest BCUT2D eigenvalue weighted by Crippen LogP contribution is 2.28. The van der Waals surface area contributed by atoms with E-state index >= 15 is 0 Å². The molecule has 5 nitrogen and oxygen atoms in total. The fourth-order valence-electron chi connectivity index (χ4n) is 2.26. The lowest BCUT2D eigenvalue weighted by Gasteiger charge is -2.30. The Morgan fingerprint density at radius 2 is 2.47 bits per heavy atom. The lowest BCUT2D eigenvalue weighted by molar-refractivity contribution is -0.137. The van der Waals surface area contributed by atoms with Crippen molar-refractivity contribution in [1.82, 2.24) is 9.88 Å². The fraction of sp³-hybridized carbons (Fsp3) is 0.667. The zero-order chi connectivity index (χ0) is 12.3. The van der Waals surface area contributed by atoms with Crippen molar-refractivity contribution in [2.75, 3.05) is 13.6 Å². The quantitative estimate of drug-likeness (QED) is 0.867. The summed E-state index contributed by atoms with van der Waals surface area (Å²) in [4.78, 5) is 17.1. The zero-order valence-corrected chi connectivity index (χ0v) is 10.1. The number of aliphatic carboxylic acids is 1. The van der Waals surface area contributed by atoms with Crippen LogP contribution < -0.4 is 0 Å².